The first-order valence-corrected chi connectivity index (χ1v) is 7.62. The molecule has 0 unspecified atom stereocenters. The summed E-state index contributed by atoms with van der Waals surface area (Å²) in [5, 5.41) is 3.56. The van der Waals surface area contributed by atoms with Crippen molar-refractivity contribution in [1.82, 2.24) is 4.90 Å². The molecule has 1 amide bonds. The summed E-state index contributed by atoms with van der Waals surface area (Å²) in [6, 6.07) is 6.93. The first-order valence-electron chi connectivity index (χ1n) is 7.62. The molecule has 21 heavy (non-hydrogen) atoms. The lowest BCUT2D eigenvalue weighted by molar-refractivity contribution is -0.119. The number of primary amides is 1. The average molecular weight is 289 g/mol. The Bertz CT molecular complexity index is 532. The molecule has 0 radical (unpaired) electrons. The minimum atomic E-state index is -0.260. The number of carbonyl (C=O) groups excluding carboxylic acids is 1. The van der Waals surface area contributed by atoms with Gasteiger partial charge < -0.3 is 15.8 Å². The van der Waals surface area contributed by atoms with E-state index in [1.54, 1.807) is 0 Å². The van der Waals surface area contributed by atoms with Crippen molar-refractivity contribution < 1.29 is 9.53 Å². The molecule has 0 aliphatic carbocycles. The van der Waals surface area contributed by atoms with Crippen LogP contribution in [0, 0.1) is 0 Å². The topological polar surface area (TPSA) is 67.6 Å². The van der Waals surface area contributed by atoms with Crippen molar-refractivity contribution in [1.29, 1.82) is 0 Å². The average Bonchev–Trinajstić information content (AvgIpc) is 2.83. The maximum atomic E-state index is 11.1. The number of ether oxygens (including phenoxy) is 1. The van der Waals surface area contributed by atoms with Crippen molar-refractivity contribution in [2.45, 2.75) is 38.5 Å². The van der Waals surface area contributed by atoms with Gasteiger partial charge in [-0.05, 0) is 43.0 Å². The van der Waals surface area contributed by atoms with Crippen LogP contribution in [0.4, 0.5) is 5.69 Å². The molecule has 3 N–H and O–H groups in total. The van der Waals surface area contributed by atoms with Crippen LogP contribution in [0.25, 0.3) is 0 Å². The number of nitrogens with zero attached hydrogens (tertiary/aromatic N) is 1. The second-order valence-corrected chi connectivity index (χ2v) is 6.03. The van der Waals surface area contributed by atoms with Crippen LogP contribution in [0.2, 0.25) is 0 Å². The van der Waals surface area contributed by atoms with E-state index in [4.69, 9.17) is 10.5 Å². The van der Waals surface area contributed by atoms with Crippen LogP contribution >= 0.6 is 0 Å². The summed E-state index contributed by atoms with van der Waals surface area (Å²) >= 11 is 0. The van der Waals surface area contributed by atoms with Gasteiger partial charge in [-0.15, -0.1) is 0 Å². The fourth-order valence-electron chi connectivity index (χ4n) is 3.20. The van der Waals surface area contributed by atoms with Crippen molar-refractivity contribution in [3.8, 4) is 0 Å². The van der Waals surface area contributed by atoms with Crippen molar-refractivity contribution in [3.05, 3.63) is 29.3 Å². The van der Waals surface area contributed by atoms with E-state index in [9.17, 15) is 4.79 Å². The molecule has 1 aromatic carbocycles. The van der Waals surface area contributed by atoms with E-state index in [0.717, 1.165) is 38.2 Å². The Morgan fingerprint density at radius 3 is 3.05 bits per heavy atom. The number of fused-ring (bicyclic) bond motifs is 1. The van der Waals surface area contributed by atoms with Crippen LogP contribution in [0.5, 0.6) is 0 Å². The molecule has 0 aromatic heterocycles. The number of nitrogens with one attached hydrogen (secondary N) is 1. The molecule has 2 aliphatic rings. The highest BCUT2D eigenvalue weighted by Crippen LogP contribution is 2.25. The molecule has 2 heterocycles. The molecule has 3 rings (SSSR count). The van der Waals surface area contributed by atoms with Gasteiger partial charge >= 0.3 is 0 Å². The van der Waals surface area contributed by atoms with Crippen LogP contribution in [0.3, 0.4) is 0 Å². The van der Waals surface area contributed by atoms with Gasteiger partial charge in [-0.2, -0.15) is 0 Å². The molecule has 1 fully saturated rings. The van der Waals surface area contributed by atoms with Gasteiger partial charge in [-0.1, -0.05) is 6.07 Å². The van der Waals surface area contributed by atoms with Crippen LogP contribution in [0.15, 0.2) is 18.2 Å². The molecule has 1 aromatic rings. The highest BCUT2D eigenvalue weighted by atomic mass is 16.5. The molecule has 0 bridgehead atoms. The van der Waals surface area contributed by atoms with Gasteiger partial charge in [0.05, 0.1) is 18.7 Å². The number of nitrogens with two attached hydrogens (primary N) is 1. The number of hydrogen-bond donors (Lipinski definition) is 2. The van der Waals surface area contributed by atoms with Crippen LogP contribution in [-0.4, -0.2) is 42.6 Å². The lowest BCUT2D eigenvalue weighted by Gasteiger charge is -2.28. The predicted molar refractivity (Wildman–Crippen MR) is 82.1 cm³/mol. The highest BCUT2D eigenvalue weighted by Gasteiger charge is 2.24. The Hall–Kier alpha value is -1.59. The van der Waals surface area contributed by atoms with E-state index < -0.39 is 0 Å². The Labute approximate surface area is 125 Å². The summed E-state index contributed by atoms with van der Waals surface area (Å²) in [4.78, 5) is 13.2. The maximum absolute atomic E-state index is 11.1. The van der Waals surface area contributed by atoms with Gasteiger partial charge in [0, 0.05) is 25.4 Å². The molecule has 0 spiro atoms. The first-order chi connectivity index (χ1) is 10.1. The summed E-state index contributed by atoms with van der Waals surface area (Å²) in [5.41, 5.74) is 9.09. The number of hydrogen-bond acceptors (Lipinski definition) is 4. The molecule has 0 saturated carbocycles. The summed E-state index contributed by atoms with van der Waals surface area (Å²) in [6.07, 6.45) is 2.28. The highest BCUT2D eigenvalue weighted by molar-refractivity contribution is 5.76. The third-order valence-corrected chi connectivity index (χ3v) is 4.41. The number of benzene rings is 1. The molecule has 2 aliphatic heterocycles. The zero-order valence-corrected chi connectivity index (χ0v) is 12.5. The minimum Gasteiger partial charge on any atom is -0.380 e. The molecule has 2 atom stereocenters. The van der Waals surface area contributed by atoms with Gasteiger partial charge in [0.1, 0.15) is 0 Å². The second-order valence-electron chi connectivity index (χ2n) is 6.03. The molecule has 5 nitrogen and oxygen atoms in total. The largest absolute Gasteiger partial charge is 0.380 e. The molecule has 114 valence electrons. The third-order valence-electron chi connectivity index (χ3n) is 4.41. The Kier molecular flexibility index (Phi) is 4.12. The monoisotopic (exact) mass is 289 g/mol. The maximum Gasteiger partial charge on any atom is 0.231 e. The van der Waals surface area contributed by atoms with E-state index >= 15 is 0 Å². The van der Waals surface area contributed by atoms with E-state index in [1.165, 1.54) is 11.1 Å². The quantitative estimate of drug-likeness (QED) is 0.871. The number of amides is 1. The van der Waals surface area contributed by atoms with Gasteiger partial charge in [-0.3, -0.25) is 9.69 Å². The smallest absolute Gasteiger partial charge is 0.231 e. The normalized spacial score (nSPS) is 25.6. The molecule has 1 saturated heterocycles. The first kappa shape index (κ1) is 14.4. The summed E-state index contributed by atoms with van der Waals surface area (Å²) in [7, 11) is 0. The van der Waals surface area contributed by atoms with Crippen LogP contribution in [-0.2, 0) is 22.5 Å². The molecular weight excluding hydrogens is 266 g/mol. The van der Waals surface area contributed by atoms with Crippen molar-refractivity contribution >= 4 is 11.6 Å². The summed E-state index contributed by atoms with van der Waals surface area (Å²) < 4.78 is 5.59. The summed E-state index contributed by atoms with van der Waals surface area (Å²) in [6.45, 7) is 4.97. The van der Waals surface area contributed by atoms with Gasteiger partial charge in [0.15, 0.2) is 0 Å². The van der Waals surface area contributed by atoms with E-state index in [1.807, 2.05) is 0 Å². The fraction of sp³-hybridized carbons (Fsp3) is 0.562. The Balaban J connectivity index is 1.70. The Morgan fingerprint density at radius 1 is 1.48 bits per heavy atom. The second kappa shape index (κ2) is 6.03. The van der Waals surface area contributed by atoms with Crippen molar-refractivity contribution in [2.75, 3.05) is 25.0 Å². The number of anilines is 1. The standard InChI is InChI=1S/C16H23N3O2/c1-11-15(5-7-21-11)18-14-3-2-12-4-6-19(10-16(17)20)9-13(12)8-14/h2-3,8,11,15,18H,4-7,9-10H2,1H3,(H2,17,20)/t11-,15-/m1/s1. The van der Waals surface area contributed by atoms with Gasteiger partial charge in [0.25, 0.3) is 0 Å². The zero-order chi connectivity index (χ0) is 14.8. The van der Waals surface area contributed by atoms with Gasteiger partial charge in [-0.25, -0.2) is 0 Å². The van der Waals surface area contributed by atoms with Crippen molar-refractivity contribution in [2.24, 2.45) is 5.73 Å². The van der Waals surface area contributed by atoms with Gasteiger partial charge in [0.2, 0.25) is 5.91 Å². The molecular formula is C16H23N3O2. The summed E-state index contributed by atoms with van der Waals surface area (Å²) in [5.74, 6) is -0.260. The number of rotatable bonds is 4. The minimum absolute atomic E-state index is 0.257. The van der Waals surface area contributed by atoms with Crippen LogP contribution in [0.1, 0.15) is 24.5 Å². The lowest BCUT2D eigenvalue weighted by Crippen LogP contribution is -2.37. The fourth-order valence-corrected chi connectivity index (χ4v) is 3.20. The van der Waals surface area contributed by atoms with E-state index in [0.29, 0.717) is 12.6 Å². The molecule has 5 heteroatoms. The zero-order valence-electron chi connectivity index (χ0n) is 12.5. The SMILES string of the molecule is C[C@H]1OCC[C@H]1Nc1ccc2c(c1)CN(CC(N)=O)CC2. The van der Waals surface area contributed by atoms with E-state index in [2.05, 4.69) is 35.3 Å². The number of carbonyl (C=O) groups is 1. The lowest BCUT2D eigenvalue weighted by atomic mass is 9.98. The Morgan fingerprint density at radius 2 is 2.33 bits per heavy atom. The van der Waals surface area contributed by atoms with Crippen LogP contribution < -0.4 is 11.1 Å². The van der Waals surface area contributed by atoms with Crippen molar-refractivity contribution in [3.63, 3.8) is 0 Å². The van der Waals surface area contributed by atoms with E-state index in [-0.39, 0.29) is 12.0 Å². The predicted octanol–water partition coefficient (Wildman–Crippen LogP) is 1.12. The third kappa shape index (κ3) is 3.36.